The number of carboxylic acids is 1. The zero-order chi connectivity index (χ0) is 18.1. The number of aryl methyl sites for hydroxylation is 2. The number of nitro groups is 1. The number of non-ortho nitro benzene ring substituents is 1. The van der Waals surface area contributed by atoms with E-state index in [1.165, 1.54) is 35.0 Å². The molecule has 0 fully saturated rings. The van der Waals surface area contributed by atoms with Gasteiger partial charge in [0.2, 0.25) is 0 Å². The highest BCUT2D eigenvalue weighted by Gasteiger charge is 2.14. The zero-order valence-electron chi connectivity index (χ0n) is 13.6. The molecule has 0 amide bonds. The first kappa shape index (κ1) is 16.4. The van der Waals surface area contributed by atoms with E-state index < -0.39 is 10.9 Å². The Balaban J connectivity index is 2.10. The number of aromatic nitrogens is 2. The maximum atomic E-state index is 11.5. The maximum absolute atomic E-state index is 11.5. The molecule has 7 nitrogen and oxygen atoms in total. The molecule has 0 aliphatic rings. The van der Waals surface area contributed by atoms with Gasteiger partial charge in [-0.1, -0.05) is 12.1 Å². The summed E-state index contributed by atoms with van der Waals surface area (Å²) in [5, 5.41) is 26.6. The van der Waals surface area contributed by atoms with Crippen LogP contribution in [0.4, 0.5) is 5.69 Å². The van der Waals surface area contributed by atoms with E-state index in [1.54, 1.807) is 0 Å². The number of nitrogens with zero attached hydrogens (tertiary/aromatic N) is 3. The van der Waals surface area contributed by atoms with Crippen molar-refractivity contribution in [2.75, 3.05) is 0 Å². The number of rotatable bonds is 4. The van der Waals surface area contributed by atoms with E-state index in [-0.39, 0.29) is 11.4 Å². The van der Waals surface area contributed by atoms with Crippen LogP contribution in [0.1, 0.15) is 21.6 Å². The number of nitro benzene ring substituents is 1. The van der Waals surface area contributed by atoms with Crippen LogP contribution in [-0.4, -0.2) is 20.7 Å². The molecular weight excluding hydrogens is 322 g/mol. The van der Waals surface area contributed by atoms with Crippen LogP contribution in [0.2, 0.25) is 0 Å². The molecule has 0 aliphatic carbocycles. The number of hydrogen-bond acceptors (Lipinski definition) is 5. The van der Waals surface area contributed by atoms with Crippen molar-refractivity contribution in [1.29, 1.82) is 0 Å². The normalized spacial score (nSPS) is 10.6. The van der Waals surface area contributed by atoms with Gasteiger partial charge in [0.15, 0.2) is 0 Å². The van der Waals surface area contributed by atoms with Gasteiger partial charge in [-0.3, -0.25) is 10.1 Å². The van der Waals surface area contributed by atoms with Crippen LogP contribution < -0.4 is 5.11 Å². The molecule has 0 spiro atoms. The van der Waals surface area contributed by atoms with Gasteiger partial charge in [-0.05, 0) is 49.2 Å². The number of benzene rings is 2. The third-order valence-electron chi connectivity index (χ3n) is 4.03. The van der Waals surface area contributed by atoms with E-state index >= 15 is 0 Å². The molecule has 2 aromatic carbocycles. The first-order valence-electron chi connectivity index (χ1n) is 7.50. The van der Waals surface area contributed by atoms with E-state index in [9.17, 15) is 20.0 Å². The number of hydrogen-bond donors (Lipinski definition) is 0. The van der Waals surface area contributed by atoms with E-state index in [2.05, 4.69) is 5.10 Å². The molecule has 3 rings (SSSR count). The molecule has 25 heavy (non-hydrogen) atoms. The van der Waals surface area contributed by atoms with Gasteiger partial charge >= 0.3 is 0 Å². The highest BCUT2D eigenvalue weighted by Crippen LogP contribution is 2.24. The largest absolute Gasteiger partial charge is 0.543 e. The second kappa shape index (κ2) is 6.20. The zero-order valence-corrected chi connectivity index (χ0v) is 13.6. The molecule has 0 aliphatic heterocycles. The van der Waals surface area contributed by atoms with E-state index in [0.717, 1.165) is 16.7 Å². The van der Waals surface area contributed by atoms with E-state index in [1.807, 2.05) is 32.0 Å². The minimum Gasteiger partial charge on any atom is -0.543 e. The van der Waals surface area contributed by atoms with Crippen LogP contribution >= 0.6 is 0 Å². The van der Waals surface area contributed by atoms with Gasteiger partial charge in [0.1, 0.15) is 0 Å². The van der Waals surface area contributed by atoms with Crippen molar-refractivity contribution in [3.8, 4) is 16.9 Å². The topological polar surface area (TPSA) is 101 Å². The Bertz CT molecular complexity index is 974. The number of carboxylic acid groups (broad SMARTS) is 1. The highest BCUT2D eigenvalue weighted by atomic mass is 16.6. The second-order valence-electron chi connectivity index (χ2n) is 5.69. The lowest BCUT2D eigenvalue weighted by Crippen LogP contribution is -2.25. The average molecular weight is 336 g/mol. The predicted molar refractivity (Wildman–Crippen MR) is 89.5 cm³/mol. The summed E-state index contributed by atoms with van der Waals surface area (Å²) >= 11 is 0. The maximum Gasteiger partial charge on any atom is 0.269 e. The molecule has 3 aromatic rings. The molecule has 7 heteroatoms. The fraction of sp³-hybridized carbons (Fsp3) is 0.111. The molecule has 1 heterocycles. The van der Waals surface area contributed by atoms with Crippen molar-refractivity contribution in [2.24, 2.45) is 0 Å². The predicted octanol–water partition coefficient (Wildman–Crippen LogP) is 2.43. The van der Waals surface area contributed by atoms with E-state index in [0.29, 0.717) is 11.4 Å². The fourth-order valence-electron chi connectivity index (χ4n) is 2.48. The lowest BCUT2D eigenvalue weighted by atomic mass is 10.0. The van der Waals surface area contributed by atoms with Gasteiger partial charge in [0.25, 0.3) is 5.69 Å². The number of carbonyl (C=O) groups is 1. The van der Waals surface area contributed by atoms with Crippen molar-refractivity contribution in [3.63, 3.8) is 0 Å². The molecule has 126 valence electrons. The Hall–Kier alpha value is -3.48. The Labute approximate surface area is 143 Å². The summed E-state index contributed by atoms with van der Waals surface area (Å²) in [6.07, 6.45) is 0. The summed E-state index contributed by atoms with van der Waals surface area (Å²) in [4.78, 5) is 21.7. The minimum atomic E-state index is -1.37. The van der Waals surface area contributed by atoms with Crippen molar-refractivity contribution >= 4 is 11.7 Å². The van der Waals surface area contributed by atoms with Crippen LogP contribution in [0.15, 0.2) is 48.5 Å². The first-order chi connectivity index (χ1) is 11.9. The highest BCUT2D eigenvalue weighted by molar-refractivity contribution is 5.86. The quantitative estimate of drug-likeness (QED) is 0.538. The average Bonchev–Trinajstić information content (AvgIpc) is 3.03. The van der Waals surface area contributed by atoms with Gasteiger partial charge in [-0.25, -0.2) is 4.68 Å². The van der Waals surface area contributed by atoms with Crippen LogP contribution in [0.3, 0.4) is 0 Å². The van der Waals surface area contributed by atoms with Gasteiger partial charge in [-0.2, -0.15) is 5.10 Å². The molecule has 0 saturated carbocycles. The van der Waals surface area contributed by atoms with Gasteiger partial charge in [0, 0.05) is 17.7 Å². The summed E-state index contributed by atoms with van der Waals surface area (Å²) in [5.74, 6) is -1.37. The number of carbonyl (C=O) groups excluding carboxylic acids is 1. The van der Waals surface area contributed by atoms with Crippen LogP contribution in [-0.2, 0) is 0 Å². The van der Waals surface area contributed by atoms with Gasteiger partial charge < -0.3 is 9.90 Å². The lowest BCUT2D eigenvalue weighted by Gasteiger charge is -2.07. The van der Waals surface area contributed by atoms with Crippen LogP contribution in [0.5, 0.6) is 0 Å². The van der Waals surface area contributed by atoms with Gasteiger partial charge in [-0.15, -0.1) is 0 Å². The van der Waals surface area contributed by atoms with E-state index in [4.69, 9.17) is 0 Å². The molecule has 0 bridgehead atoms. The monoisotopic (exact) mass is 336 g/mol. The molecule has 1 aromatic heterocycles. The third kappa shape index (κ3) is 3.12. The summed E-state index contributed by atoms with van der Waals surface area (Å²) in [6.45, 7) is 3.95. The number of aromatic carboxylic acids is 1. The lowest BCUT2D eigenvalue weighted by molar-refractivity contribution is -0.384. The fourth-order valence-corrected chi connectivity index (χ4v) is 2.48. The van der Waals surface area contributed by atoms with Crippen LogP contribution in [0.25, 0.3) is 16.9 Å². The Morgan fingerprint density at radius 1 is 1.04 bits per heavy atom. The van der Waals surface area contributed by atoms with Crippen molar-refractivity contribution in [3.05, 3.63) is 75.5 Å². The summed E-state index contributed by atoms with van der Waals surface area (Å²) in [6, 6.07) is 12.6. The van der Waals surface area contributed by atoms with Crippen molar-refractivity contribution < 1.29 is 14.8 Å². The SMILES string of the molecule is Cc1ccc(-c2cc(C(=O)[O-])n(-c3ccc([N+](=O)[O-])cc3)n2)cc1C. The Morgan fingerprint density at radius 2 is 1.72 bits per heavy atom. The molecule has 0 radical (unpaired) electrons. The molecular formula is C18H14N3O4-. The minimum absolute atomic E-state index is 0.0831. The van der Waals surface area contributed by atoms with Crippen molar-refractivity contribution in [2.45, 2.75) is 13.8 Å². The molecule has 0 unspecified atom stereocenters. The summed E-state index contributed by atoms with van der Waals surface area (Å²) in [7, 11) is 0. The Morgan fingerprint density at radius 3 is 2.28 bits per heavy atom. The summed E-state index contributed by atoms with van der Waals surface area (Å²) < 4.78 is 1.21. The van der Waals surface area contributed by atoms with Crippen molar-refractivity contribution in [1.82, 2.24) is 9.78 Å². The second-order valence-corrected chi connectivity index (χ2v) is 5.69. The molecule has 0 atom stereocenters. The third-order valence-corrected chi connectivity index (χ3v) is 4.03. The molecule has 0 N–H and O–H groups in total. The first-order valence-corrected chi connectivity index (χ1v) is 7.50. The summed E-state index contributed by atoms with van der Waals surface area (Å²) in [5.41, 5.74) is 3.66. The smallest absolute Gasteiger partial charge is 0.269 e. The molecule has 0 saturated heterocycles. The standard InChI is InChI=1S/C18H15N3O4/c1-11-3-4-13(9-12(11)2)16-10-17(18(22)23)20(19-16)14-5-7-15(8-6-14)21(24)25/h3-10H,1-2H3,(H,22,23)/p-1. The van der Waals surface area contributed by atoms with Gasteiger partial charge in [0.05, 0.1) is 28.0 Å². The Kier molecular flexibility index (Phi) is 4.06. The van der Waals surface area contributed by atoms with Crippen LogP contribution in [0, 0.1) is 24.0 Å².